The van der Waals surface area contributed by atoms with Gasteiger partial charge in [0.25, 0.3) is 0 Å². The third-order valence-electron chi connectivity index (χ3n) is 3.39. The first-order valence-corrected chi connectivity index (χ1v) is 6.51. The number of hydrogen-bond acceptors (Lipinski definition) is 2. The van der Waals surface area contributed by atoms with Gasteiger partial charge in [0, 0.05) is 12.2 Å². The molecule has 0 radical (unpaired) electrons. The molecule has 1 aliphatic rings. The number of likely N-dealkylation sites (tertiary alicyclic amines) is 1. The van der Waals surface area contributed by atoms with Crippen LogP contribution in [0.4, 0.5) is 10.5 Å². The summed E-state index contributed by atoms with van der Waals surface area (Å²) in [4.78, 5) is 24.5. The smallest absolute Gasteiger partial charge is 0.326 e. The second-order valence-electron chi connectivity index (χ2n) is 4.67. The molecular weight excluding hydrogens is 244 g/mol. The van der Waals surface area contributed by atoms with E-state index in [9.17, 15) is 9.59 Å². The molecule has 19 heavy (non-hydrogen) atoms. The Morgan fingerprint density at radius 3 is 2.95 bits per heavy atom. The van der Waals surface area contributed by atoms with Gasteiger partial charge < -0.3 is 15.3 Å². The number of benzene rings is 1. The highest BCUT2D eigenvalue weighted by Gasteiger charge is 2.33. The number of nitrogens with zero attached hydrogens (tertiary/aromatic N) is 1. The number of aliphatic carboxylic acids is 1. The van der Waals surface area contributed by atoms with Crippen molar-refractivity contribution in [3.63, 3.8) is 0 Å². The Labute approximate surface area is 112 Å². The quantitative estimate of drug-likeness (QED) is 0.878. The van der Waals surface area contributed by atoms with E-state index in [0.717, 1.165) is 18.4 Å². The molecule has 1 fully saturated rings. The second-order valence-corrected chi connectivity index (χ2v) is 4.67. The van der Waals surface area contributed by atoms with Gasteiger partial charge in [0.1, 0.15) is 6.04 Å². The lowest BCUT2D eigenvalue weighted by Gasteiger charge is -2.21. The highest BCUT2D eigenvalue weighted by molar-refractivity contribution is 5.92. The first-order valence-electron chi connectivity index (χ1n) is 6.51. The minimum atomic E-state index is -0.935. The molecule has 0 bridgehead atoms. The summed E-state index contributed by atoms with van der Waals surface area (Å²) in [5.74, 6) is -0.935. The van der Waals surface area contributed by atoms with Crippen LogP contribution in [0, 0.1) is 0 Å². The van der Waals surface area contributed by atoms with Crippen molar-refractivity contribution in [2.45, 2.75) is 32.2 Å². The molecule has 5 heteroatoms. The summed E-state index contributed by atoms with van der Waals surface area (Å²) < 4.78 is 0. The number of urea groups is 1. The molecular formula is C14H18N2O3. The second kappa shape index (κ2) is 5.73. The molecule has 2 amide bonds. The lowest BCUT2D eigenvalue weighted by Crippen LogP contribution is -2.42. The molecule has 0 aromatic heterocycles. The van der Waals surface area contributed by atoms with Gasteiger partial charge in [-0.25, -0.2) is 9.59 Å². The van der Waals surface area contributed by atoms with Gasteiger partial charge in [0.05, 0.1) is 0 Å². The van der Waals surface area contributed by atoms with E-state index in [4.69, 9.17) is 5.11 Å². The van der Waals surface area contributed by atoms with Crippen LogP contribution in [0.1, 0.15) is 25.3 Å². The molecule has 1 aromatic rings. The summed E-state index contributed by atoms with van der Waals surface area (Å²) in [7, 11) is 0. The zero-order valence-corrected chi connectivity index (χ0v) is 10.9. The number of carbonyl (C=O) groups is 2. The van der Waals surface area contributed by atoms with Crippen LogP contribution in [-0.2, 0) is 11.2 Å². The average Bonchev–Trinajstić information content (AvgIpc) is 2.88. The van der Waals surface area contributed by atoms with Crippen molar-refractivity contribution < 1.29 is 14.7 Å². The summed E-state index contributed by atoms with van der Waals surface area (Å²) in [6.45, 7) is 2.54. The third kappa shape index (κ3) is 3.05. The van der Waals surface area contributed by atoms with E-state index in [1.807, 2.05) is 31.2 Å². The first kappa shape index (κ1) is 13.4. The molecule has 1 aromatic carbocycles. The predicted molar refractivity (Wildman–Crippen MR) is 72.2 cm³/mol. The van der Waals surface area contributed by atoms with E-state index in [-0.39, 0.29) is 6.03 Å². The molecule has 5 nitrogen and oxygen atoms in total. The number of anilines is 1. The van der Waals surface area contributed by atoms with Gasteiger partial charge in [0.15, 0.2) is 0 Å². The number of hydrogen-bond donors (Lipinski definition) is 2. The predicted octanol–water partition coefficient (Wildman–Crippen LogP) is 2.33. The molecule has 0 saturated carbocycles. The molecule has 102 valence electrons. The van der Waals surface area contributed by atoms with Gasteiger partial charge in [-0.15, -0.1) is 0 Å². The van der Waals surface area contributed by atoms with E-state index in [1.54, 1.807) is 0 Å². The van der Waals surface area contributed by atoms with Crippen molar-refractivity contribution in [1.29, 1.82) is 0 Å². The summed E-state index contributed by atoms with van der Waals surface area (Å²) in [5.41, 5.74) is 1.84. The van der Waals surface area contributed by atoms with E-state index in [2.05, 4.69) is 5.32 Å². The van der Waals surface area contributed by atoms with Gasteiger partial charge in [-0.05, 0) is 37.0 Å². The molecule has 1 heterocycles. The first-order chi connectivity index (χ1) is 9.11. The zero-order chi connectivity index (χ0) is 13.8. The lowest BCUT2D eigenvalue weighted by molar-refractivity contribution is -0.141. The van der Waals surface area contributed by atoms with Gasteiger partial charge in [-0.1, -0.05) is 19.1 Å². The van der Waals surface area contributed by atoms with Crippen LogP contribution in [0.25, 0.3) is 0 Å². The molecule has 1 atom stereocenters. The molecule has 2 N–H and O–H groups in total. The molecule has 0 unspecified atom stereocenters. The normalized spacial score (nSPS) is 18.4. The zero-order valence-electron chi connectivity index (χ0n) is 10.9. The fraction of sp³-hybridized carbons (Fsp3) is 0.429. The van der Waals surface area contributed by atoms with Crippen LogP contribution in [0.3, 0.4) is 0 Å². The van der Waals surface area contributed by atoms with Gasteiger partial charge in [-0.2, -0.15) is 0 Å². The number of rotatable bonds is 3. The van der Waals surface area contributed by atoms with E-state index in [1.165, 1.54) is 4.90 Å². The maximum absolute atomic E-state index is 12.1. The SMILES string of the molecule is CCc1cccc(NC(=O)N2CCC[C@H]2C(=O)O)c1. The Bertz CT molecular complexity index is 487. The molecule has 0 spiro atoms. The van der Waals surface area contributed by atoms with Gasteiger partial charge in [0.2, 0.25) is 0 Å². The van der Waals surface area contributed by atoms with Crippen LogP contribution < -0.4 is 5.32 Å². The van der Waals surface area contributed by atoms with E-state index < -0.39 is 12.0 Å². The molecule has 0 aliphatic carbocycles. The summed E-state index contributed by atoms with van der Waals surface area (Å²) in [6.07, 6.45) is 2.16. The van der Waals surface area contributed by atoms with Crippen molar-refractivity contribution in [1.82, 2.24) is 4.90 Å². The number of carboxylic acids is 1. The summed E-state index contributed by atoms with van der Waals surface area (Å²) in [5, 5.41) is 11.8. The number of carbonyl (C=O) groups excluding carboxylic acids is 1. The van der Waals surface area contributed by atoms with Crippen molar-refractivity contribution in [3.05, 3.63) is 29.8 Å². The maximum Gasteiger partial charge on any atom is 0.326 e. The highest BCUT2D eigenvalue weighted by Crippen LogP contribution is 2.19. The minimum Gasteiger partial charge on any atom is -0.480 e. The molecule has 1 aliphatic heterocycles. The monoisotopic (exact) mass is 262 g/mol. The van der Waals surface area contributed by atoms with Crippen LogP contribution in [0.2, 0.25) is 0 Å². The van der Waals surface area contributed by atoms with Crippen molar-refractivity contribution in [2.75, 3.05) is 11.9 Å². The average molecular weight is 262 g/mol. The Morgan fingerprint density at radius 1 is 1.47 bits per heavy atom. The maximum atomic E-state index is 12.1. The minimum absolute atomic E-state index is 0.335. The third-order valence-corrected chi connectivity index (χ3v) is 3.39. The van der Waals surface area contributed by atoms with Crippen LogP contribution >= 0.6 is 0 Å². The molecule has 2 rings (SSSR count). The lowest BCUT2D eigenvalue weighted by atomic mass is 10.1. The Kier molecular flexibility index (Phi) is 4.04. The van der Waals surface area contributed by atoms with Crippen LogP contribution in [0.15, 0.2) is 24.3 Å². The number of nitrogens with one attached hydrogen (secondary N) is 1. The summed E-state index contributed by atoms with van der Waals surface area (Å²) >= 11 is 0. The van der Waals surface area contributed by atoms with Crippen LogP contribution in [0.5, 0.6) is 0 Å². The fourth-order valence-corrected chi connectivity index (χ4v) is 2.33. The number of carboxylic acid groups (broad SMARTS) is 1. The van der Waals surface area contributed by atoms with Crippen molar-refractivity contribution >= 4 is 17.7 Å². The Hall–Kier alpha value is -2.04. The number of amides is 2. The standard InChI is InChI=1S/C14H18N2O3/c1-2-10-5-3-6-11(9-10)15-14(19)16-8-4-7-12(16)13(17)18/h3,5-6,9,12H,2,4,7-8H2,1H3,(H,15,19)(H,17,18)/t12-/m0/s1. The summed E-state index contributed by atoms with van der Waals surface area (Å²) in [6, 6.07) is 6.55. The van der Waals surface area contributed by atoms with Crippen LogP contribution in [-0.4, -0.2) is 34.6 Å². The topological polar surface area (TPSA) is 69.6 Å². The largest absolute Gasteiger partial charge is 0.480 e. The fourth-order valence-electron chi connectivity index (χ4n) is 2.33. The highest BCUT2D eigenvalue weighted by atomic mass is 16.4. The Balaban J connectivity index is 2.06. The van der Waals surface area contributed by atoms with E-state index >= 15 is 0 Å². The Morgan fingerprint density at radius 2 is 2.26 bits per heavy atom. The van der Waals surface area contributed by atoms with E-state index in [0.29, 0.717) is 18.7 Å². The van der Waals surface area contributed by atoms with Crippen molar-refractivity contribution in [3.8, 4) is 0 Å². The van der Waals surface area contributed by atoms with Gasteiger partial charge in [-0.3, -0.25) is 0 Å². The van der Waals surface area contributed by atoms with Crippen molar-refractivity contribution in [2.24, 2.45) is 0 Å². The number of aryl methyl sites for hydroxylation is 1. The van der Waals surface area contributed by atoms with Gasteiger partial charge >= 0.3 is 12.0 Å². The molecule has 1 saturated heterocycles.